The predicted octanol–water partition coefficient (Wildman–Crippen LogP) is 4.77. The first kappa shape index (κ1) is 30.6. The van der Waals surface area contributed by atoms with Gasteiger partial charge in [-0.1, -0.05) is 57.2 Å². The number of methoxy groups -OCH3 is 1. The van der Waals surface area contributed by atoms with Crippen molar-refractivity contribution in [1.82, 2.24) is 10.7 Å². The Bertz CT molecular complexity index is 1360. The molecular formula is C30H33IN4O5. The summed E-state index contributed by atoms with van der Waals surface area (Å²) in [6.45, 7) is 6.31. The molecule has 0 aliphatic rings. The largest absolute Gasteiger partial charge is 0.493 e. The van der Waals surface area contributed by atoms with Gasteiger partial charge in [0.25, 0.3) is 5.91 Å². The molecular weight excluding hydrogens is 623 g/mol. The minimum Gasteiger partial charge on any atom is -0.493 e. The van der Waals surface area contributed by atoms with E-state index >= 15 is 0 Å². The molecule has 0 saturated carbocycles. The fourth-order valence-corrected chi connectivity index (χ4v) is 4.39. The maximum atomic E-state index is 12.4. The summed E-state index contributed by atoms with van der Waals surface area (Å²) in [5.41, 5.74) is 6.79. The maximum absolute atomic E-state index is 12.4. The van der Waals surface area contributed by atoms with E-state index in [2.05, 4.69) is 64.5 Å². The third-order valence-corrected chi connectivity index (χ3v) is 6.73. The van der Waals surface area contributed by atoms with Crippen molar-refractivity contribution in [1.29, 1.82) is 0 Å². The van der Waals surface area contributed by atoms with Crippen LogP contribution in [0.2, 0.25) is 0 Å². The van der Waals surface area contributed by atoms with E-state index in [1.807, 2.05) is 48.5 Å². The fraction of sp³-hybridized carbons (Fsp3) is 0.267. The van der Waals surface area contributed by atoms with Crippen molar-refractivity contribution in [2.45, 2.75) is 39.7 Å². The Hall–Kier alpha value is -3.93. The Morgan fingerprint density at radius 3 is 2.27 bits per heavy atom. The van der Waals surface area contributed by atoms with Gasteiger partial charge in [0.05, 0.1) is 16.9 Å². The highest BCUT2D eigenvalue weighted by atomic mass is 127. The Morgan fingerprint density at radius 1 is 0.975 bits per heavy atom. The van der Waals surface area contributed by atoms with E-state index in [0.29, 0.717) is 32.2 Å². The second-order valence-electron chi connectivity index (χ2n) is 9.20. The van der Waals surface area contributed by atoms with Gasteiger partial charge in [0.15, 0.2) is 18.1 Å². The molecule has 0 aromatic heterocycles. The van der Waals surface area contributed by atoms with Gasteiger partial charge in [0.2, 0.25) is 0 Å². The van der Waals surface area contributed by atoms with Gasteiger partial charge < -0.3 is 20.1 Å². The number of halogens is 1. The summed E-state index contributed by atoms with van der Waals surface area (Å²) in [7, 11) is 1.48. The Kier molecular flexibility index (Phi) is 11.5. The molecule has 0 radical (unpaired) electrons. The summed E-state index contributed by atoms with van der Waals surface area (Å²) < 4.78 is 11.8. The van der Waals surface area contributed by atoms with Crippen LogP contribution in [0.1, 0.15) is 48.9 Å². The highest BCUT2D eigenvalue weighted by Gasteiger charge is 2.15. The van der Waals surface area contributed by atoms with Gasteiger partial charge in [0, 0.05) is 12.2 Å². The van der Waals surface area contributed by atoms with Crippen molar-refractivity contribution >= 4 is 52.2 Å². The minimum absolute atomic E-state index is 0.206. The lowest BCUT2D eigenvalue weighted by Gasteiger charge is -2.13. The molecule has 0 unspecified atom stereocenters. The lowest BCUT2D eigenvalue weighted by atomic mass is 10.0. The lowest BCUT2D eigenvalue weighted by Crippen LogP contribution is -2.37. The van der Waals surface area contributed by atoms with Crippen LogP contribution in [0.5, 0.6) is 11.5 Å². The fourth-order valence-electron chi connectivity index (χ4n) is 3.61. The van der Waals surface area contributed by atoms with E-state index in [1.165, 1.54) is 24.5 Å². The number of nitrogens with one attached hydrogen (secondary N) is 3. The highest BCUT2D eigenvalue weighted by Crippen LogP contribution is 2.33. The van der Waals surface area contributed by atoms with Crippen LogP contribution in [-0.2, 0) is 27.3 Å². The third kappa shape index (κ3) is 9.08. The molecule has 0 spiro atoms. The van der Waals surface area contributed by atoms with Crippen LogP contribution in [0, 0.1) is 3.57 Å². The smallest absolute Gasteiger partial charge is 0.329 e. The number of hydrogen-bond donors (Lipinski definition) is 3. The molecule has 40 heavy (non-hydrogen) atoms. The van der Waals surface area contributed by atoms with Crippen molar-refractivity contribution < 1.29 is 23.9 Å². The molecule has 0 heterocycles. The number of carbonyl (C=O) groups excluding carboxylic acids is 3. The summed E-state index contributed by atoms with van der Waals surface area (Å²) >= 11 is 2.06. The third-order valence-electron chi connectivity index (χ3n) is 5.93. The van der Waals surface area contributed by atoms with Gasteiger partial charge in [0.1, 0.15) is 0 Å². The monoisotopic (exact) mass is 656 g/mol. The molecule has 0 fully saturated rings. The number of nitrogens with zero attached hydrogens (tertiary/aromatic N) is 1. The second kappa shape index (κ2) is 15.0. The first-order valence-corrected chi connectivity index (χ1v) is 13.9. The van der Waals surface area contributed by atoms with E-state index in [1.54, 1.807) is 12.1 Å². The Balaban J connectivity index is 1.51. The van der Waals surface area contributed by atoms with E-state index < -0.39 is 11.8 Å². The average molecular weight is 657 g/mol. The van der Waals surface area contributed by atoms with Crippen LogP contribution in [0.4, 0.5) is 5.69 Å². The molecule has 3 aromatic rings. The topological polar surface area (TPSA) is 118 Å². The normalized spacial score (nSPS) is 10.8. The van der Waals surface area contributed by atoms with E-state index in [9.17, 15) is 14.4 Å². The molecule has 9 nitrogen and oxygen atoms in total. The van der Waals surface area contributed by atoms with E-state index in [4.69, 9.17) is 9.47 Å². The van der Waals surface area contributed by atoms with Gasteiger partial charge in [-0.3, -0.25) is 14.4 Å². The molecule has 0 saturated heterocycles. The Morgan fingerprint density at radius 2 is 1.65 bits per heavy atom. The standard InChI is InChI=1S/C30H33IN4O5/c1-5-20-8-12-24(13-9-20)34-27(36)18-40-28-25(31)14-22(15-26(28)39-4)17-33-35-30(38)29(37)32-16-21-6-10-23(11-7-21)19(2)3/h6-15,17,19H,5,16,18H2,1-4H3,(H,32,37)(H,34,36)(H,35,38)/b33-17-. The summed E-state index contributed by atoms with van der Waals surface area (Å²) in [6.07, 6.45) is 2.31. The van der Waals surface area contributed by atoms with Crippen LogP contribution in [0.3, 0.4) is 0 Å². The molecule has 3 N–H and O–H groups in total. The molecule has 0 aliphatic heterocycles. The Labute approximate surface area is 247 Å². The number of rotatable bonds is 11. The van der Waals surface area contributed by atoms with Gasteiger partial charge in [-0.25, -0.2) is 5.43 Å². The first-order chi connectivity index (χ1) is 19.2. The number of anilines is 1. The summed E-state index contributed by atoms with van der Waals surface area (Å²) in [4.78, 5) is 36.6. The summed E-state index contributed by atoms with van der Waals surface area (Å²) in [6, 6.07) is 18.9. The van der Waals surface area contributed by atoms with Crippen molar-refractivity contribution in [3.8, 4) is 11.5 Å². The molecule has 3 aromatic carbocycles. The van der Waals surface area contributed by atoms with Crippen molar-refractivity contribution in [2.75, 3.05) is 19.0 Å². The molecule has 10 heteroatoms. The molecule has 210 valence electrons. The zero-order valence-electron chi connectivity index (χ0n) is 22.9. The van der Waals surface area contributed by atoms with Crippen LogP contribution >= 0.6 is 22.6 Å². The minimum atomic E-state index is -0.882. The average Bonchev–Trinajstić information content (AvgIpc) is 2.95. The van der Waals surface area contributed by atoms with Crippen LogP contribution in [0.25, 0.3) is 0 Å². The number of carbonyl (C=O) groups is 3. The number of hydrogen-bond acceptors (Lipinski definition) is 6. The van der Waals surface area contributed by atoms with Crippen molar-refractivity contribution in [2.24, 2.45) is 5.10 Å². The van der Waals surface area contributed by atoms with Crippen LogP contribution in [-0.4, -0.2) is 37.7 Å². The molecule has 0 atom stereocenters. The van der Waals surface area contributed by atoms with Gasteiger partial charge >= 0.3 is 11.8 Å². The first-order valence-electron chi connectivity index (χ1n) is 12.8. The van der Waals surface area contributed by atoms with Crippen molar-refractivity contribution in [3.63, 3.8) is 0 Å². The predicted molar refractivity (Wildman–Crippen MR) is 164 cm³/mol. The van der Waals surface area contributed by atoms with E-state index in [-0.39, 0.29) is 19.1 Å². The van der Waals surface area contributed by atoms with Crippen LogP contribution < -0.4 is 25.5 Å². The molecule has 3 rings (SSSR count). The maximum Gasteiger partial charge on any atom is 0.329 e. The highest BCUT2D eigenvalue weighted by molar-refractivity contribution is 14.1. The number of aryl methyl sites for hydroxylation is 1. The summed E-state index contributed by atoms with van der Waals surface area (Å²) in [5, 5.41) is 9.26. The van der Waals surface area contributed by atoms with Gasteiger partial charge in [-0.05, 0) is 81.4 Å². The summed E-state index contributed by atoms with van der Waals surface area (Å²) in [5.74, 6) is -0.767. The number of benzene rings is 3. The number of hydrazone groups is 1. The molecule has 3 amide bonds. The van der Waals surface area contributed by atoms with E-state index in [0.717, 1.165) is 12.0 Å². The van der Waals surface area contributed by atoms with Crippen LogP contribution in [0.15, 0.2) is 65.8 Å². The lowest BCUT2D eigenvalue weighted by molar-refractivity contribution is -0.139. The van der Waals surface area contributed by atoms with Crippen molar-refractivity contribution in [3.05, 3.63) is 86.5 Å². The zero-order valence-corrected chi connectivity index (χ0v) is 25.1. The zero-order chi connectivity index (χ0) is 29.1. The number of amides is 3. The quantitative estimate of drug-likeness (QED) is 0.119. The van der Waals surface area contributed by atoms with Gasteiger partial charge in [-0.15, -0.1) is 0 Å². The second-order valence-corrected chi connectivity index (χ2v) is 10.4. The SMILES string of the molecule is CCc1ccc(NC(=O)COc2c(I)cc(/C=N\NC(=O)C(=O)NCc3ccc(C(C)C)cc3)cc2OC)cc1. The molecule has 0 bridgehead atoms. The molecule has 0 aliphatic carbocycles. The van der Waals surface area contributed by atoms with Gasteiger partial charge in [-0.2, -0.15) is 5.10 Å². The number of ether oxygens (including phenoxy) is 2.